The largest absolute Gasteiger partial charge is 0.489 e. The van der Waals surface area contributed by atoms with E-state index in [1.165, 1.54) is 11.5 Å². The van der Waals surface area contributed by atoms with Crippen molar-refractivity contribution in [3.8, 4) is 17.3 Å². The van der Waals surface area contributed by atoms with Gasteiger partial charge in [-0.3, -0.25) is 4.98 Å². The summed E-state index contributed by atoms with van der Waals surface area (Å²) < 4.78 is 10.4. The van der Waals surface area contributed by atoms with Gasteiger partial charge >= 0.3 is 0 Å². The highest BCUT2D eigenvalue weighted by molar-refractivity contribution is 7.09. The summed E-state index contributed by atoms with van der Waals surface area (Å²) in [4.78, 5) is 15.5. The van der Waals surface area contributed by atoms with Crippen molar-refractivity contribution in [2.75, 3.05) is 25.5 Å². The van der Waals surface area contributed by atoms with Gasteiger partial charge < -0.3 is 15.0 Å². The van der Waals surface area contributed by atoms with Gasteiger partial charge in [-0.15, -0.1) is 0 Å². The van der Waals surface area contributed by atoms with Crippen molar-refractivity contribution in [1.29, 1.82) is 0 Å². The van der Waals surface area contributed by atoms with Crippen LogP contribution in [-0.2, 0) is 0 Å². The van der Waals surface area contributed by atoms with E-state index in [4.69, 9.17) is 4.74 Å². The summed E-state index contributed by atoms with van der Waals surface area (Å²) in [7, 11) is 2.14. The molecule has 4 rings (SSSR count). The Kier molecular flexibility index (Phi) is 5.03. The quantitative estimate of drug-likeness (QED) is 0.741. The molecule has 0 atom stereocenters. The average Bonchev–Trinajstić information content (AvgIpc) is 3.14. The zero-order valence-corrected chi connectivity index (χ0v) is 15.3. The number of hydrogen-bond donors (Lipinski definition) is 1. The van der Waals surface area contributed by atoms with Gasteiger partial charge in [-0.1, -0.05) is 6.07 Å². The predicted octanol–water partition coefficient (Wildman–Crippen LogP) is 3.21. The van der Waals surface area contributed by atoms with Gasteiger partial charge in [0, 0.05) is 30.8 Å². The fraction of sp³-hybridized carbons (Fsp3) is 0.333. The molecular weight excluding hydrogens is 348 g/mol. The molecule has 0 bridgehead atoms. The Bertz CT molecular complexity index is 830. The first kappa shape index (κ1) is 16.9. The Hall–Kier alpha value is -2.58. The van der Waals surface area contributed by atoms with E-state index in [0.29, 0.717) is 16.8 Å². The van der Waals surface area contributed by atoms with E-state index in [1.54, 1.807) is 12.4 Å². The van der Waals surface area contributed by atoms with Crippen LogP contribution in [0.1, 0.15) is 12.8 Å². The normalized spacial score (nSPS) is 15.7. The Balaban J connectivity index is 1.36. The lowest BCUT2D eigenvalue weighted by atomic mass is 10.1. The van der Waals surface area contributed by atoms with Gasteiger partial charge in [-0.25, -0.2) is 4.98 Å². The molecule has 4 heterocycles. The summed E-state index contributed by atoms with van der Waals surface area (Å²) in [6, 6.07) is 9.51. The second-order valence-electron chi connectivity index (χ2n) is 6.26. The van der Waals surface area contributed by atoms with Gasteiger partial charge in [0.1, 0.15) is 23.4 Å². The molecule has 1 aliphatic rings. The molecule has 26 heavy (non-hydrogen) atoms. The number of aromatic nitrogens is 4. The van der Waals surface area contributed by atoms with Crippen molar-refractivity contribution < 1.29 is 4.74 Å². The fourth-order valence-electron chi connectivity index (χ4n) is 2.80. The lowest BCUT2D eigenvalue weighted by Crippen LogP contribution is -2.35. The molecule has 7 nitrogen and oxygen atoms in total. The number of ether oxygens (including phenoxy) is 1. The van der Waals surface area contributed by atoms with E-state index >= 15 is 0 Å². The minimum absolute atomic E-state index is 0.274. The van der Waals surface area contributed by atoms with Gasteiger partial charge in [0.25, 0.3) is 0 Å². The van der Waals surface area contributed by atoms with Crippen LogP contribution in [0.2, 0.25) is 0 Å². The Morgan fingerprint density at radius 2 is 2.04 bits per heavy atom. The first-order chi connectivity index (χ1) is 12.8. The highest BCUT2D eigenvalue weighted by Gasteiger charge is 2.18. The number of likely N-dealkylation sites (tertiary alicyclic amines) is 1. The fourth-order valence-corrected chi connectivity index (χ4v) is 3.39. The highest BCUT2D eigenvalue weighted by Crippen LogP contribution is 2.23. The number of nitrogens with zero attached hydrogens (tertiary/aromatic N) is 5. The summed E-state index contributed by atoms with van der Waals surface area (Å²) >= 11 is 1.28. The molecule has 0 amide bonds. The maximum atomic E-state index is 6.02. The van der Waals surface area contributed by atoms with Gasteiger partial charge in [-0.05, 0) is 44.2 Å². The molecule has 3 aromatic heterocycles. The number of hydrogen-bond acceptors (Lipinski definition) is 8. The molecule has 0 aliphatic carbocycles. The van der Waals surface area contributed by atoms with Crippen LogP contribution in [0.15, 0.2) is 42.7 Å². The lowest BCUT2D eigenvalue weighted by Gasteiger charge is -2.29. The Morgan fingerprint density at radius 3 is 2.77 bits per heavy atom. The van der Waals surface area contributed by atoms with E-state index in [9.17, 15) is 0 Å². The second kappa shape index (κ2) is 7.76. The van der Waals surface area contributed by atoms with Gasteiger partial charge in [-0.2, -0.15) is 9.36 Å². The van der Waals surface area contributed by atoms with Crippen LogP contribution >= 0.6 is 11.5 Å². The van der Waals surface area contributed by atoms with Crippen molar-refractivity contribution in [2.24, 2.45) is 0 Å². The standard InChI is InChI=1S/C18H20N6OS/c1-24-10-7-13(8-11-24)25-14-5-6-16(20-12-14)21-18-22-17(23-26-18)15-4-2-3-9-19-15/h2-6,9,12-13H,7-8,10-11H2,1H3,(H,20,21,22,23). The van der Waals surface area contributed by atoms with Gasteiger partial charge in [0.15, 0.2) is 5.82 Å². The molecule has 1 N–H and O–H groups in total. The van der Waals surface area contributed by atoms with Crippen molar-refractivity contribution >= 4 is 22.5 Å². The number of pyridine rings is 2. The summed E-state index contributed by atoms with van der Waals surface area (Å²) in [6.45, 7) is 2.15. The van der Waals surface area contributed by atoms with E-state index in [0.717, 1.165) is 37.4 Å². The first-order valence-electron chi connectivity index (χ1n) is 8.60. The molecule has 0 unspecified atom stereocenters. The molecule has 0 spiro atoms. The summed E-state index contributed by atoms with van der Waals surface area (Å²) in [5.74, 6) is 2.13. The minimum atomic E-state index is 0.274. The van der Waals surface area contributed by atoms with E-state index in [1.807, 2.05) is 30.3 Å². The number of anilines is 2. The SMILES string of the molecule is CN1CCC(Oc2ccc(Nc3nc(-c4ccccn4)ns3)nc2)CC1. The van der Waals surface area contributed by atoms with E-state index in [-0.39, 0.29) is 6.10 Å². The number of nitrogens with one attached hydrogen (secondary N) is 1. The zero-order valence-electron chi connectivity index (χ0n) is 14.5. The Morgan fingerprint density at radius 1 is 1.15 bits per heavy atom. The van der Waals surface area contributed by atoms with Gasteiger partial charge in [0.05, 0.1) is 6.20 Å². The smallest absolute Gasteiger partial charge is 0.208 e. The molecule has 134 valence electrons. The third kappa shape index (κ3) is 4.14. The third-order valence-corrected chi connectivity index (χ3v) is 4.89. The predicted molar refractivity (Wildman–Crippen MR) is 102 cm³/mol. The summed E-state index contributed by atoms with van der Waals surface area (Å²) in [5, 5.41) is 3.86. The lowest BCUT2D eigenvalue weighted by molar-refractivity contribution is 0.114. The molecule has 0 aromatic carbocycles. The second-order valence-corrected chi connectivity index (χ2v) is 7.01. The van der Waals surface area contributed by atoms with Crippen molar-refractivity contribution in [3.63, 3.8) is 0 Å². The summed E-state index contributed by atoms with van der Waals surface area (Å²) in [6.07, 6.45) is 5.86. The van der Waals surface area contributed by atoms with Crippen molar-refractivity contribution in [3.05, 3.63) is 42.7 Å². The van der Waals surface area contributed by atoms with Gasteiger partial charge in [0.2, 0.25) is 5.13 Å². The van der Waals surface area contributed by atoms with Crippen LogP contribution in [0.25, 0.3) is 11.5 Å². The van der Waals surface area contributed by atoms with E-state index in [2.05, 4.69) is 36.6 Å². The van der Waals surface area contributed by atoms with E-state index < -0.39 is 0 Å². The van der Waals surface area contributed by atoms with Crippen LogP contribution in [0.4, 0.5) is 10.9 Å². The molecule has 1 aliphatic heterocycles. The average molecular weight is 368 g/mol. The molecule has 0 radical (unpaired) electrons. The molecule has 1 saturated heterocycles. The molecule has 8 heteroatoms. The topological polar surface area (TPSA) is 76.1 Å². The van der Waals surface area contributed by atoms with Crippen molar-refractivity contribution in [1.82, 2.24) is 24.2 Å². The number of piperidine rings is 1. The van der Waals surface area contributed by atoms with Crippen LogP contribution in [0.5, 0.6) is 5.75 Å². The monoisotopic (exact) mass is 368 g/mol. The summed E-state index contributed by atoms with van der Waals surface area (Å²) in [5.41, 5.74) is 0.756. The van der Waals surface area contributed by atoms with Crippen LogP contribution in [0, 0.1) is 0 Å². The zero-order chi connectivity index (χ0) is 17.8. The minimum Gasteiger partial charge on any atom is -0.489 e. The van der Waals surface area contributed by atoms with Crippen LogP contribution in [0.3, 0.4) is 0 Å². The van der Waals surface area contributed by atoms with Crippen LogP contribution < -0.4 is 10.1 Å². The van der Waals surface area contributed by atoms with Crippen molar-refractivity contribution in [2.45, 2.75) is 18.9 Å². The first-order valence-corrected chi connectivity index (χ1v) is 9.37. The molecular formula is C18H20N6OS. The highest BCUT2D eigenvalue weighted by atomic mass is 32.1. The van der Waals surface area contributed by atoms with Crippen LogP contribution in [-0.4, -0.2) is 50.5 Å². The third-order valence-electron chi connectivity index (χ3n) is 4.26. The number of rotatable bonds is 5. The maximum Gasteiger partial charge on any atom is 0.208 e. The molecule has 1 fully saturated rings. The Labute approximate surface area is 156 Å². The molecule has 3 aromatic rings. The maximum absolute atomic E-state index is 6.02. The molecule has 0 saturated carbocycles.